The molecule has 0 radical (unpaired) electrons. The van der Waals surface area contributed by atoms with Crippen molar-refractivity contribution in [2.24, 2.45) is 5.92 Å². The van der Waals surface area contributed by atoms with Crippen LogP contribution in [0.2, 0.25) is 0 Å². The molecule has 0 saturated heterocycles. The Morgan fingerprint density at radius 3 is 2.40 bits per heavy atom. The molecule has 3 unspecified atom stereocenters. The van der Waals surface area contributed by atoms with Gasteiger partial charge in [0.05, 0.1) is 0 Å². The second kappa shape index (κ2) is 6.73. The number of nitrogens with zero attached hydrogens (tertiary/aromatic N) is 1. The molecule has 0 aliphatic heterocycles. The number of hydrogen-bond acceptors (Lipinski definition) is 2. The summed E-state index contributed by atoms with van der Waals surface area (Å²) in [7, 11) is 4.32. The Bertz CT molecular complexity index is 425. The van der Waals surface area contributed by atoms with Gasteiger partial charge in [-0.1, -0.05) is 45.0 Å². The molecule has 2 nitrogen and oxygen atoms in total. The highest BCUT2D eigenvalue weighted by atomic mass is 15.1. The first-order valence-electron chi connectivity index (χ1n) is 7.98. The monoisotopic (exact) mass is 274 g/mol. The zero-order valence-electron chi connectivity index (χ0n) is 13.7. The smallest absolute Gasteiger partial charge is 0.0326 e. The Labute approximate surface area is 124 Å². The Hall–Kier alpha value is -0.860. The van der Waals surface area contributed by atoms with Gasteiger partial charge in [-0.05, 0) is 49.9 Å². The van der Waals surface area contributed by atoms with Gasteiger partial charge in [0, 0.05) is 18.6 Å². The van der Waals surface area contributed by atoms with Gasteiger partial charge in [-0.2, -0.15) is 0 Å². The highest BCUT2D eigenvalue weighted by Crippen LogP contribution is 2.37. The first kappa shape index (κ1) is 15.5. The number of hydrogen-bond donors (Lipinski definition) is 1. The average molecular weight is 274 g/mol. The number of nitrogens with one attached hydrogen (secondary N) is 1. The SMILES string of the molecule is CC1CCC(NC(CN(C)C)C(C)C)c2ccccc21. The van der Waals surface area contributed by atoms with Crippen LogP contribution < -0.4 is 5.32 Å². The molecule has 0 heterocycles. The Kier molecular flexibility index (Phi) is 5.22. The summed E-state index contributed by atoms with van der Waals surface area (Å²) >= 11 is 0. The van der Waals surface area contributed by atoms with E-state index in [1.54, 1.807) is 5.56 Å². The van der Waals surface area contributed by atoms with Crippen LogP contribution in [-0.2, 0) is 0 Å². The standard InChI is InChI=1S/C18H30N2/c1-13(2)18(12-20(4)5)19-17-11-10-14(3)15-8-6-7-9-16(15)17/h6-9,13-14,17-19H,10-12H2,1-5H3. The minimum Gasteiger partial charge on any atom is -0.308 e. The van der Waals surface area contributed by atoms with E-state index in [4.69, 9.17) is 0 Å². The average Bonchev–Trinajstić information content (AvgIpc) is 2.40. The topological polar surface area (TPSA) is 15.3 Å². The van der Waals surface area contributed by atoms with Gasteiger partial charge in [-0.3, -0.25) is 0 Å². The minimum atomic E-state index is 0.523. The van der Waals surface area contributed by atoms with Crippen molar-refractivity contribution in [3.8, 4) is 0 Å². The van der Waals surface area contributed by atoms with Crippen LogP contribution in [0.3, 0.4) is 0 Å². The summed E-state index contributed by atoms with van der Waals surface area (Å²) in [6, 6.07) is 10.1. The van der Waals surface area contributed by atoms with Crippen molar-refractivity contribution in [1.29, 1.82) is 0 Å². The normalized spacial score (nSPS) is 23.9. The Balaban J connectivity index is 2.15. The summed E-state index contributed by atoms with van der Waals surface area (Å²) in [4.78, 5) is 2.29. The molecule has 20 heavy (non-hydrogen) atoms. The Morgan fingerprint density at radius 2 is 1.80 bits per heavy atom. The molecule has 1 aliphatic carbocycles. The van der Waals surface area contributed by atoms with Crippen LogP contribution in [-0.4, -0.2) is 31.6 Å². The maximum absolute atomic E-state index is 3.92. The molecule has 2 rings (SSSR count). The fraction of sp³-hybridized carbons (Fsp3) is 0.667. The number of rotatable bonds is 5. The quantitative estimate of drug-likeness (QED) is 0.878. The molecular formula is C18H30N2. The largest absolute Gasteiger partial charge is 0.308 e. The van der Waals surface area contributed by atoms with Crippen LogP contribution in [0.4, 0.5) is 0 Å². The van der Waals surface area contributed by atoms with Crippen LogP contribution >= 0.6 is 0 Å². The van der Waals surface area contributed by atoms with Gasteiger partial charge in [-0.25, -0.2) is 0 Å². The highest BCUT2D eigenvalue weighted by molar-refractivity contribution is 5.35. The molecule has 0 amide bonds. The first-order chi connectivity index (χ1) is 9.49. The zero-order valence-corrected chi connectivity index (χ0v) is 13.7. The molecule has 1 aromatic rings. The predicted molar refractivity (Wildman–Crippen MR) is 87.1 cm³/mol. The molecule has 1 aliphatic rings. The lowest BCUT2D eigenvalue weighted by molar-refractivity contribution is 0.258. The van der Waals surface area contributed by atoms with Gasteiger partial charge < -0.3 is 10.2 Å². The number of likely N-dealkylation sites (N-methyl/N-ethyl adjacent to an activating group) is 1. The van der Waals surface area contributed by atoms with E-state index in [1.165, 1.54) is 18.4 Å². The second-order valence-corrected chi connectivity index (χ2v) is 6.94. The van der Waals surface area contributed by atoms with Gasteiger partial charge in [0.25, 0.3) is 0 Å². The second-order valence-electron chi connectivity index (χ2n) is 6.94. The van der Waals surface area contributed by atoms with Crippen molar-refractivity contribution in [3.63, 3.8) is 0 Å². The van der Waals surface area contributed by atoms with Crippen LogP contribution in [0.15, 0.2) is 24.3 Å². The van der Waals surface area contributed by atoms with E-state index >= 15 is 0 Å². The summed E-state index contributed by atoms with van der Waals surface area (Å²) in [6.45, 7) is 8.09. The van der Waals surface area contributed by atoms with E-state index in [9.17, 15) is 0 Å². The summed E-state index contributed by atoms with van der Waals surface area (Å²) < 4.78 is 0. The van der Waals surface area contributed by atoms with Crippen LogP contribution in [0.25, 0.3) is 0 Å². The van der Waals surface area contributed by atoms with Gasteiger partial charge in [0.15, 0.2) is 0 Å². The molecule has 0 saturated carbocycles. The van der Waals surface area contributed by atoms with Gasteiger partial charge in [-0.15, -0.1) is 0 Å². The van der Waals surface area contributed by atoms with Gasteiger partial charge in [0.2, 0.25) is 0 Å². The fourth-order valence-electron chi connectivity index (χ4n) is 3.29. The van der Waals surface area contributed by atoms with Crippen molar-refractivity contribution in [3.05, 3.63) is 35.4 Å². The van der Waals surface area contributed by atoms with E-state index in [-0.39, 0.29) is 0 Å². The van der Waals surface area contributed by atoms with Gasteiger partial charge in [0.1, 0.15) is 0 Å². The van der Waals surface area contributed by atoms with Crippen molar-refractivity contribution in [2.45, 2.75) is 51.6 Å². The van der Waals surface area contributed by atoms with E-state index in [0.717, 1.165) is 6.54 Å². The number of fused-ring (bicyclic) bond motifs is 1. The molecule has 3 atom stereocenters. The predicted octanol–water partition coefficient (Wildman–Crippen LogP) is 3.80. The summed E-state index contributed by atoms with van der Waals surface area (Å²) in [5.74, 6) is 1.36. The van der Waals surface area contributed by atoms with Crippen LogP contribution in [0.1, 0.15) is 56.7 Å². The molecule has 0 aromatic heterocycles. The Morgan fingerprint density at radius 1 is 1.15 bits per heavy atom. The van der Waals surface area contributed by atoms with E-state index in [0.29, 0.717) is 23.9 Å². The summed E-state index contributed by atoms with van der Waals surface area (Å²) in [6.07, 6.45) is 2.55. The molecule has 112 valence electrons. The summed E-state index contributed by atoms with van der Waals surface area (Å²) in [5.41, 5.74) is 3.07. The molecule has 1 N–H and O–H groups in total. The third-order valence-corrected chi connectivity index (χ3v) is 4.57. The molecular weight excluding hydrogens is 244 g/mol. The molecule has 0 bridgehead atoms. The van der Waals surface area contributed by atoms with E-state index in [2.05, 4.69) is 69.3 Å². The molecule has 2 heteroatoms. The fourth-order valence-corrected chi connectivity index (χ4v) is 3.29. The van der Waals surface area contributed by atoms with Crippen molar-refractivity contribution < 1.29 is 0 Å². The van der Waals surface area contributed by atoms with Gasteiger partial charge >= 0.3 is 0 Å². The molecule has 0 spiro atoms. The summed E-state index contributed by atoms with van der Waals surface area (Å²) in [5, 5.41) is 3.92. The zero-order chi connectivity index (χ0) is 14.7. The minimum absolute atomic E-state index is 0.523. The van der Waals surface area contributed by atoms with Crippen LogP contribution in [0.5, 0.6) is 0 Å². The highest BCUT2D eigenvalue weighted by Gasteiger charge is 2.27. The maximum Gasteiger partial charge on any atom is 0.0326 e. The third-order valence-electron chi connectivity index (χ3n) is 4.57. The van der Waals surface area contributed by atoms with E-state index in [1.807, 2.05) is 0 Å². The molecule has 0 fully saturated rings. The lowest BCUT2D eigenvalue weighted by Crippen LogP contribution is -2.44. The maximum atomic E-state index is 3.92. The molecule has 1 aromatic carbocycles. The first-order valence-corrected chi connectivity index (χ1v) is 7.98. The lowest BCUT2D eigenvalue weighted by Gasteiger charge is -2.35. The third kappa shape index (κ3) is 3.62. The lowest BCUT2D eigenvalue weighted by atomic mass is 9.80. The van der Waals surface area contributed by atoms with Crippen molar-refractivity contribution in [2.75, 3.05) is 20.6 Å². The van der Waals surface area contributed by atoms with Crippen LogP contribution in [0, 0.1) is 5.92 Å². The van der Waals surface area contributed by atoms with Crippen molar-refractivity contribution >= 4 is 0 Å². The van der Waals surface area contributed by atoms with E-state index < -0.39 is 0 Å². The van der Waals surface area contributed by atoms with Crippen molar-refractivity contribution in [1.82, 2.24) is 10.2 Å². The number of benzene rings is 1.